The summed E-state index contributed by atoms with van der Waals surface area (Å²) in [6.45, 7) is 13.0. The number of nitrogens with zero attached hydrogens (tertiary/aromatic N) is 3. The number of hydrogen-bond acceptors (Lipinski definition) is 2. The third-order valence-electron chi connectivity index (χ3n) is 5.90. The molecule has 3 saturated heterocycles. The number of carbonyl (C=O) groups is 2. The topological polar surface area (TPSA) is 45.6 Å². The first-order valence-electron chi connectivity index (χ1n) is 9.73. The van der Waals surface area contributed by atoms with Gasteiger partial charge >= 0.3 is 0 Å². The van der Waals surface area contributed by atoms with E-state index in [-0.39, 0.29) is 23.8 Å². The zero-order valence-electron chi connectivity index (χ0n) is 16.7. The molecule has 0 N–H and O–H groups in total. The number of amides is 2. The molecule has 3 aliphatic heterocycles. The predicted octanol–water partition coefficient (Wildman–Crippen LogP) is 3.15. The van der Waals surface area contributed by atoms with Crippen LogP contribution in [-0.4, -0.2) is 51.9 Å². The lowest BCUT2D eigenvalue weighted by molar-refractivity contribution is -0.139. The molecule has 1 aromatic rings. The lowest BCUT2D eigenvalue weighted by Crippen LogP contribution is -2.48. The lowest BCUT2D eigenvalue weighted by atomic mass is 9.94. The van der Waals surface area contributed by atoms with Crippen molar-refractivity contribution in [1.82, 2.24) is 14.4 Å². The maximum Gasteiger partial charge on any atom is 0.255 e. The van der Waals surface area contributed by atoms with Crippen molar-refractivity contribution in [2.75, 3.05) is 19.6 Å². The second kappa shape index (κ2) is 7.29. The van der Waals surface area contributed by atoms with Crippen LogP contribution in [0.15, 0.2) is 17.7 Å². The summed E-state index contributed by atoms with van der Waals surface area (Å²) in [7, 11) is 0. The van der Waals surface area contributed by atoms with Crippen molar-refractivity contribution >= 4 is 11.8 Å². The highest BCUT2D eigenvalue weighted by atomic mass is 16.2. The van der Waals surface area contributed by atoms with Gasteiger partial charge < -0.3 is 14.4 Å². The molecule has 0 aromatic carbocycles. The normalized spacial score (nSPS) is 22.6. The maximum absolute atomic E-state index is 13.2. The average Bonchev–Trinajstić information content (AvgIpc) is 2.75. The number of aromatic nitrogens is 1. The van der Waals surface area contributed by atoms with Crippen molar-refractivity contribution in [3.05, 3.63) is 34.7 Å². The van der Waals surface area contributed by atoms with Gasteiger partial charge in [-0.1, -0.05) is 11.6 Å². The van der Waals surface area contributed by atoms with Crippen LogP contribution in [0.3, 0.4) is 0 Å². The van der Waals surface area contributed by atoms with Gasteiger partial charge in [0.05, 0.1) is 11.5 Å². The Morgan fingerprint density at radius 3 is 2.58 bits per heavy atom. The quantitative estimate of drug-likeness (QED) is 0.777. The van der Waals surface area contributed by atoms with Crippen LogP contribution in [0.25, 0.3) is 0 Å². The summed E-state index contributed by atoms with van der Waals surface area (Å²) in [5.74, 6) is 0.234. The largest absolute Gasteiger partial charge is 0.349 e. The molecule has 0 spiro atoms. The molecular formula is C21H31N3O2. The number of aryl methyl sites for hydroxylation is 1. The summed E-state index contributed by atoms with van der Waals surface area (Å²) >= 11 is 0. The minimum Gasteiger partial charge on any atom is -0.349 e. The van der Waals surface area contributed by atoms with Gasteiger partial charge in [0.15, 0.2) is 0 Å². The van der Waals surface area contributed by atoms with Crippen molar-refractivity contribution in [2.24, 2.45) is 5.92 Å². The van der Waals surface area contributed by atoms with E-state index in [0.29, 0.717) is 19.6 Å². The second-order valence-electron chi connectivity index (χ2n) is 7.94. The van der Waals surface area contributed by atoms with Crippen LogP contribution < -0.4 is 0 Å². The molecule has 2 bridgehead atoms. The number of carbonyl (C=O) groups excluding carboxylic acids is 2. The van der Waals surface area contributed by atoms with E-state index >= 15 is 0 Å². The fourth-order valence-electron chi connectivity index (χ4n) is 4.40. The molecule has 3 aliphatic rings. The predicted molar refractivity (Wildman–Crippen MR) is 103 cm³/mol. The first-order chi connectivity index (χ1) is 12.3. The van der Waals surface area contributed by atoms with Crippen LogP contribution in [0.4, 0.5) is 0 Å². The van der Waals surface area contributed by atoms with E-state index in [4.69, 9.17) is 0 Å². The Morgan fingerprint density at radius 2 is 1.96 bits per heavy atom. The van der Waals surface area contributed by atoms with Crippen molar-refractivity contribution in [3.63, 3.8) is 0 Å². The van der Waals surface area contributed by atoms with Gasteiger partial charge in [0, 0.05) is 43.6 Å². The van der Waals surface area contributed by atoms with Gasteiger partial charge in [-0.2, -0.15) is 0 Å². The van der Waals surface area contributed by atoms with E-state index < -0.39 is 0 Å². The Balaban J connectivity index is 1.84. The molecule has 3 fully saturated rings. The molecule has 0 aliphatic carbocycles. The van der Waals surface area contributed by atoms with Gasteiger partial charge in [-0.05, 0) is 53.5 Å². The molecule has 142 valence electrons. The first-order valence-corrected chi connectivity index (χ1v) is 9.73. The second-order valence-corrected chi connectivity index (χ2v) is 7.94. The fraction of sp³-hybridized carbons (Fsp3) is 0.619. The van der Waals surface area contributed by atoms with Crippen molar-refractivity contribution in [1.29, 1.82) is 0 Å². The van der Waals surface area contributed by atoms with Crippen molar-refractivity contribution < 1.29 is 9.59 Å². The maximum atomic E-state index is 13.2. The third kappa shape index (κ3) is 3.31. The average molecular weight is 357 g/mol. The molecule has 0 radical (unpaired) electrons. The van der Waals surface area contributed by atoms with Crippen LogP contribution in [0.5, 0.6) is 0 Å². The Morgan fingerprint density at radius 1 is 1.23 bits per heavy atom. The number of fused-ring (bicyclic) bond motifs is 4. The van der Waals surface area contributed by atoms with Gasteiger partial charge in [-0.25, -0.2) is 0 Å². The molecule has 4 heterocycles. The van der Waals surface area contributed by atoms with E-state index in [9.17, 15) is 9.59 Å². The van der Waals surface area contributed by atoms with Gasteiger partial charge in [0.2, 0.25) is 5.91 Å². The van der Waals surface area contributed by atoms with Gasteiger partial charge in [0.25, 0.3) is 5.91 Å². The highest BCUT2D eigenvalue weighted by Gasteiger charge is 2.41. The molecule has 4 rings (SSSR count). The van der Waals surface area contributed by atoms with Crippen molar-refractivity contribution in [2.45, 2.75) is 60.0 Å². The molecule has 1 aromatic heterocycles. The zero-order valence-corrected chi connectivity index (χ0v) is 16.7. The minimum absolute atomic E-state index is 0.0575. The standard InChI is InChI=1S/C21H31N3O2/c1-6-23-15(4)11-19(16(23)5)21(26)22-12-17-7-8-18(13-22)24(20(17)25)10-9-14(2)3/h9,11,17-18H,6-8,10,12-13H2,1-5H3/t17-,18+/m0/s1. The molecule has 0 saturated carbocycles. The number of rotatable bonds is 4. The molecule has 2 atom stereocenters. The summed E-state index contributed by atoms with van der Waals surface area (Å²) in [4.78, 5) is 30.0. The van der Waals surface area contributed by atoms with Gasteiger partial charge in [-0.3, -0.25) is 9.59 Å². The number of allylic oxidation sites excluding steroid dienone is 1. The summed E-state index contributed by atoms with van der Waals surface area (Å²) < 4.78 is 2.17. The smallest absolute Gasteiger partial charge is 0.255 e. The SMILES string of the molecule is CCn1c(C)cc(C(=O)N2C[C@@H]3CC[C@H](C2)N(CC=C(C)C)C3=O)c1C. The van der Waals surface area contributed by atoms with E-state index in [1.54, 1.807) is 0 Å². The van der Waals surface area contributed by atoms with Gasteiger partial charge in [-0.15, -0.1) is 0 Å². The van der Waals surface area contributed by atoms with Crippen LogP contribution in [0.1, 0.15) is 55.4 Å². The summed E-state index contributed by atoms with van der Waals surface area (Å²) in [6.07, 6.45) is 4.00. The summed E-state index contributed by atoms with van der Waals surface area (Å²) in [6, 6.07) is 2.13. The minimum atomic E-state index is -0.0575. The molecule has 5 nitrogen and oxygen atoms in total. The van der Waals surface area contributed by atoms with E-state index in [2.05, 4.69) is 31.4 Å². The van der Waals surface area contributed by atoms with Crippen LogP contribution in [-0.2, 0) is 11.3 Å². The van der Waals surface area contributed by atoms with Crippen molar-refractivity contribution in [3.8, 4) is 0 Å². The Bertz CT molecular complexity index is 743. The molecule has 5 heteroatoms. The zero-order chi connectivity index (χ0) is 19.0. The van der Waals surface area contributed by atoms with Crippen LogP contribution in [0, 0.1) is 19.8 Å². The third-order valence-corrected chi connectivity index (χ3v) is 5.90. The molecule has 2 amide bonds. The summed E-state index contributed by atoms with van der Waals surface area (Å²) in [5.41, 5.74) is 4.15. The van der Waals surface area contributed by atoms with Crippen LogP contribution >= 0.6 is 0 Å². The Labute approximate surface area is 156 Å². The van der Waals surface area contributed by atoms with E-state index in [0.717, 1.165) is 36.3 Å². The number of piperidine rings is 1. The fourth-order valence-corrected chi connectivity index (χ4v) is 4.40. The monoisotopic (exact) mass is 357 g/mol. The number of hydrogen-bond donors (Lipinski definition) is 0. The lowest BCUT2D eigenvalue weighted by Gasteiger charge is -2.35. The van der Waals surface area contributed by atoms with Crippen LogP contribution in [0.2, 0.25) is 0 Å². The highest BCUT2D eigenvalue weighted by Crippen LogP contribution is 2.30. The Kier molecular flexibility index (Phi) is 5.26. The highest BCUT2D eigenvalue weighted by molar-refractivity contribution is 5.96. The molecular weight excluding hydrogens is 326 g/mol. The molecule has 26 heavy (non-hydrogen) atoms. The van der Waals surface area contributed by atoms with E-state index in [1.165, 1.54) is 5.57 Å². The molecule has 0 unspecified atom stereocenters. The van der Waals surface area contributed by atoms with E-state index in [1.807, 2.05) is 29.7 Å². The van der Waals surface area contributed by atoms with Gasteiger partial charge in [0.1, 0.15) is 0 Å². The summed E-state index contributed by atoms with van der Waals surface area (Å²) in [5, 5.41) is 0. The Hall–Kier alpha value is -2.04. The first kappa shape index (κ1) is 18.7.